The van der Waals surface area contributed by atoms with Gasteiger partial charge in [0.15, 0.2) is 0 Å². The molecule has 0 spiro atoms. The van der Waals surface area contributed by atoms with Crippen molar-refractivity contribution in [2.24, 2.45) is 0 Å². The molecule has 8 heteroatoms. The first kappa shape index (κ1) is 17.7. The van der Waals surface area contributed by atoms with Crippen molar-refractivity contribution in [3.05, 3.63) is 30.6 Å². The number of aromatic nitrogens is 4. The molecule has 2 rings (SSSR count). The molecule has 0 unspecified atom stereocenters. The summed E-state index contributed by atoms with van der Waals surface area (Å²) in [5.41, 5.74) is 1.64. The summed E-state index contributed by atoms with van der Waals surface area (Å²) in [6, 6.07) is 6.59. The van der Waals surface area contributed by atoms with E-state index in [4.69, 9.17) is 13.3 Å². The van der Waals surface area contributed by atoms with Crippen LogP contribution >= 0.6 is 0 Å². The molecule has 0 atom stereocenters. The highest BCUT2D eigenvalue weighted by atomic mass is 28.4. The van der Waals surface area contributed by atoms with Gasteiger partial charge in [0.1, 0.15) is 5.69 Å². The van der Waals surface area contributed by atoms with E-state index in [1.165, 1.54) is 0 Å². The van der Waals surface area contributed by atoms with Crippen LogP contribution < -0.4 is 0 Å². The molecule has 0 aliphatic rings. The van der Waals surface area contributed by atoms with Crippen molar-refractivity contribution in [2.45, 2.75) is 31.9 Å². The highest BCUT2D eigenvalue weighted by molar-refractivity contribution is 6.60. The van der Waals surface area contributed by atoms with Gasteiger partial charge in [-0.05, 0) is 25.0 Å². The molecule has 2 aromatic heterocycles. The molecule has 126 valence electrons. The molecule has 0 aliphatic heterocycles. The molecular formula is C15H24N4O3Si. The molecule has 7 nitrogen and oxygen atoms in total. The second kappa shape index (κ2) is 8.87. The monoisotopic (exact) mass is 336 g/mol. The topological polar surface area (TPSA) is 71.3 Å². The zero-order valence-electron chi connectivity index (χ0n) is 13.9. The van der Waals surface area contributed by atoms with Gasteiger partial charge in [0.2, 0.25) is 0 Å². The molecule has 0 aliphatic carbocycles. The summed E-state index contributed by atoms with van der Waals surface area (Å²) in [6.45, 7) is 0.835. The third-order valence-electron chi connectivity index (χ3n) is 3.77. The van der Waals surface area contributed by atoms with Gasteiger partial charge in [-0.25, -0.2) is 0 Å². The maximum atomic E-state index is 5.41. The summed E-state index contributed by atoms with van der Waals surface area (Å²) in [5, 5.41) is 8.31. The van der Waals surface area contributed by atoms with E-state index in [1.807, 2.05) is 29.1 Å². The number of rotatable bonds is 10. The second-order valence-corrected chi connectivity index (χ2v) is 8.28. The summed E-state index contributed by atoms with van der Waals surface area (Å²) >= 11 is 0. The molecule has 2 aromatic rings. The number of unbranched alkanes of at least 4 members (excludes halogenated alkanes) is 2. The summed E-state index contributed by atoms with van der Waals surface area (Å²) in [4.78, 5) is 4.27. The fourth-order valence-corrected chi connectivity index (χ4v) is 4.18. The predicted octanol–water partition coefficient (Wildman–Crippen LogP) is 2.39. The largest absolute Gasteiger partial charge is 0.500 e. The van der Waals surface area contributed by atoms with Crippen LogP contribution in [-0.4, -0.2) is 50.1 Å². The quantitative estimate of drug-likeness (QED) is 0.490. The third-order valence-corrected chi connectivity index (χ3v) is 6.60. The normalized spacial score (nSPS) is 11.8. The Bertz CT molecular complexity index is 567. The van der Waals surface area contributed by atoms with E-state index in [2.05, 4.69) is 15.3 Å². The zero-order chi connectivity index (χ0) is 16.5. The van der Waals surface area contributed by atoms with Crippen molar-refractivity contribution >= 4 is 8.80 Å². The van der Waals surface area contributed by atoms with E-state index in [9.17, 15) is 0 Å². The number of pyridine rings is 1. The highest BCUT2D eigenvalue weighted by Gasteiger charge is 2.36. The standard InChI is InChI=1S/C15H24N4O3Si/c1-20-23(21-2,22-3)12-8-4-7-11-19-13-15(17-18-19)14-9-5-6-10-16-14/h5-6,9-10,13H,4,7-8,11-12H2,1-3H3. The molecule has 2 heterocycles. The predicted molar refractivity (Wildman–Crippen MR) is 88.7 cm³/mol. The Morgan fingerprint density at radius 3 is 2.43 bits per heavy atom. The summed E-state index contributed by atoms with van der Waals surface area (Å²) in [7, 11) is 2.51. The first-order valence-corrected chi connectivity index (χ1v) is 9.63. The van der Waals surface area contributed by atoms with Crippen LogP contribution in [0.3, 0.4) is 0 Å². The first-order chi connectivity index (χ1) is 11.2. The third kappa shape index (κ3) is 4.93. The molecular weight excluding hydrogens is 312 g/mol. The fourth-order valence-electron chi connectivity index (χ4n) is 2.39. The van der Waals surface area contributed by atoms with Crippen LogP contribution in [0.2, 0.25) is 6.04 Å². The summed E-state index contributed by atoms with van der Waals surface area (Å²) < 4.78 is 18.1. The smallest absolute Gasteiger partial charge is 0.377 e. The van der Waals surface area contributed by atoms with Crippen molar-refractivity contribution in [1.29, 1.82) is 0 Å². The lowest BCUT2D eigenvalue weighted by Gasteiger charge is -2.24. The van der Waals surface area contributed by atoms with E-state index in [1.54, 1.807) is 27.5 Å². The molecule has 0 saturated heterocycles. The van der Waals surface area contributed by atoms with Gasteiger partial charge in [-0.1, -0.05) is 17.7 Å². The van der Waals surface area contributed by atoms with Crippen molar-refractivity contribution < 1.29 is 13.3 Å². The molecule has 23 heavy (non-hydrogen) atoms. The molecule has 0 N–H and O–H groups in total. The van der Waals surface area contributed by atoms with Gasteiger partial charge in [0.25, 0.3) is 0 Å². The van der Waals surface area contributed by atoms with Gasteiger partial charge in [0.05, 0.1) is 11.9 Å². The van der Waals surface area contributed by atoms with Crippen LogP contribution in [0.15, 0.2) is 30.6 Å². The number of hydrogen-bond donors (Lipinski definition) is 0. The lowest BCUT2D eigenvalue weighted by Crippen LogP contribution is -2.42. The summed E-state index contributed by atoms with van der Waals surface area (Å²) in [6.07, 6.45) is 6.77. The van der Waals surface area contributed by atoms with Crippen LogP contribution in [0.1, 0.15) is 19.3 Å². The SMILES string of the molecule is CO[Si](CCCCCn1cc(-c2ccccn2)nn1)(OC)OC. The average molecular weight is 336 g/mol. The lowest BCUT2D eigenvalue weighted by molar-refractivity contribution is 0.122. The van der Waals surface area contributed by atoms with Gasteiger partial charge in [-0.3, -0.25) is 9.67 Å². The Labute approximate surface area is 138 Å². The van der Waals surface area contributed by atoms with Gasteiger partial charge in [-0.15, -0.1) is 5.10 Å². The maximum Gasteiger partial charge on any atom is 0.500 e. The van der Waals surface area contributed by atoms with Gasteiger partial charge in [-0.2, -0.15) is 0 Å². The number of hydrogen-bond acceptors (Lipinski definition) is 6. The Morgan fingerprint density at radius 1 is 1.00 bits per heavy atom. The minimum absolute atomic E-state index is 0.801. The van der Waals surface area contributed by atoms with Crippen LogP contribution in [0.4, 0.5) is 0 Å². The van der Waals surface area contributed by atoms with Crippen LogP contribution in [0, 0.1) is 0 Å². The minimum atomic E-state index is -2.43. The van der Waals surface area contributed by atoms with Gasteiger partial charge >= 0.3 is 8.80 Å². The van der Waals surface area contributed by atoms with Crippen LogP contribution in [-0.2, 0) is 19.8 Å². The Balaban J connectivity index is 1.74. The fraction of sp³-hybridized carbons (Fsp3) is 0.533. The lowest BCUT2D eigenvalue weighted by atomic mass is 10.2. The second-order valence-electron chi connectivity index (χ2n) is 5.19. The van der Waals surface area contributed by atoms with Gasteiger partial charge in [0, 0.05) is 40.1 Å². The van der Waals surface area contributed by atoms with E-state index in [0.29, 0.717) is 0 Å². The zero-order valence-corrected chi connectivity index (χ0v) is 14.9. The molecule has 0 bridgehead atoms. The molecule has 0 saturated carbocycles. The van der Waals surface area contributed by atoms with E-state index >= 15 is 0 Å². The Kier molecular flexibility index (Phi) is 6.84. The number of nitrogens with zero attached hydrogens (tertiary/aromatic N) is 4. The van der Waals surface area contributed by atoms with Crippen molar-refractivity contribution in [2.75, 3.05) is 21.3 Å². The van der Waals surface area contributed by atoms with Crippen LogP contribution in [0.25, 0.3) is 11.4 Å². The van der Waals surface area contributed by atoms with Crippen molar-refractivity contribution in [3.8, 4) is 11.4 Å². The Morgan fingerprint density at radius 2 is 1.78 bits per heavy atom. The number of aryl methyl sites for hydroxylation is 1. The first-order valence-electron chi connectivity index (χ1n) is 7.70. The molecule has 0 amide bonds. The van der Waals surface area contributed by atoms with Gasteiger partial charge < -0.3 is 13.3 Å². The summed E-state index contributed by atoms with van der Waals surface area (Å²) in [5.74, 6) is 0. The molecule has 0 radical (unpaired) electrons. The van der Waals surface area contributed by atoms with Crippen molar-refractivity contribution in [1.82, 2.24) is 20.0 Å². The highest BCUT2D eigenvalue weighted by Crippen LogP contribution is 2.17. The van der Waals surface area contributed by atoms with E-state index in [0.717, 1.165) is 43.2 Å². The van der Waals surface area contributed by atoms with Crippen LogP contribution in [0.5, 0.6) is 0 Å². The average Bonchev–Trinajstić information content (AvgIpc) is 3.08. The molecule has 0 fully saturated rings. The molecule has 0 aromatic carbocycles. The Hall–Kier alpha value is -1.61. The van der Waals surface area contributed by atoms with Crippen molar-refractivity contribution in [3.63, 3.8) is 0 Å². The maximum absolute atomic E-state index is 5.41. The minimum Gasteiger partial charge on any atom is -0.377 e. The van der Waals surface area contributed by atoms with E-state index < -0.39 is 8.80 Å². The van der Waals surface area contributed by atoms with E-state index in [-0.39, 0.29) is 0 Å².